The van der Waals surface area contributed by atoms with Crippen LogP contribution >= 0.6 is 22.7 Å². The summed E-state index contributed by atoms with van der Waals surface area (Å²) < 4.78 is 0. The van der Waals surface area contributed by atoms with Crippen molar-refractivity contribution in [3.8, 4) is 0 Å². The molecule has 0 unspecified atom stereocenters. The highest BCUT2D eigenvalue weighted by atomic mass is 32.1. The first-order valence-corrected chi connectivity index (χ1v) is 11.1. The van der Waals surface area contributed by atoms with E-state index in [0.717, 1.165) is 23.4 Å². The van der Waals surface area contributed by atoms with E-state index in [0.29, 0.717) is 43.3 Å². The van der Waals surface area contributed by atoms with Crippen molar-refractivity contribution in [3.63, 3.8) is 0 Å². The summed E-state index contributed by atoms with van der Waals surface area (Å²) in [6.07, 6.45) is 2.16. The van der Waals surface area contributed by atoms with E-state index in [2.05, 4.69) is 10.3 Å². The fourth-order valence-corrected chi connectivity index (χ4v) is 5.35. The zero-order chi connectivity index (χ0) is 19.7. The summed E-state index contributed by atoms with van der Waals surface area (Å²) in [7, 11) is 0. The summed E-state index contributed by atoms with van der Waals surface area (Å²) in [5.41, 5.74) is 1.60. The molecule has 0 spiro atoms. The molecule has 4 heterocycles. The van der Waals surface area contributed by atoms with Crippen molar-refractivity contribution in [1.29, 1.82) is 0 Å². The lowest BCUT2D eigenvalue weighted by Gasteiger charge is -2.35. The van der Waals surface area contributed by atoms with Crippen molar-refractivity contribution in [1.82, 2.24) is 14.8 Å². The molecule has 148 valence electrons. The molecule has 1 N–H and O–H groups in total. The average molecular weight is 419 g/mol. The second-order valence-electron chi connectivity index (χ2n) is 7.15. The summed E-state index contributed by atoms with van der Waals surface area (Å²) in [6, 6.07) is 1.78. The third kappa shape index (κ3) is 3.95. The van der Waals surface area contributed by atoms with E-state index in [1.807, 2.05) is 15.2 Å². The second kappa shape index (κ2) is 8.00. The fraction of sp³-hybridized carbons (Fsp3) is 0.474. The van der Waals surface area contributed by atoms with Crippen molar-refractivity contribution in [2.24, 2.45) is 5.92 Å². The minimum atomic E-state index is -0.155. The van der Waals surface area contributed by atoms with Crippen LogP contribution in [0.2, 0.25) is 0 Å². The number of hydrogen-bond donors (Lipinski definition) is 1. The zero-order valence-corrected chi connectivity index (χ0v) is 17.3. The number of likely N-dealkylation sites (tertiary alicyclic amines) is 1. The summed E-state index contributed by atoms with van der Waals surface area (Å²) in [4.78, 5) is 45.9. The molecule has 2 aromatic heterocycles. The van der Waals surface area contributed by atoms with Crippen LogP contribution in [-0.2, 0) is 22.6 Å². The molecule has 0 atom stereocenters. The fourth-order valence-electron chi connectivity index (χ4n) is 3.70. The molecule has 1 saturated heterocycles. The van der Waals surface area contributed by atoms with Gasteiger partial charge in [-0.05, 0) is 24.3 Å². The first-order chi connectivity index (χ1) is 13.5. The zero-order valence-electron chi connectivity index (χ0n) is 15.6. The van der Waals surface area contributed by atoms with Gasteiger partial charge in [-0.25, -0.2) is 4.98 Å². The van der Waals surface area contributed by atoms with Crippen LogP contribution in [0.5, 0.6) is 0 Å². The third-order valence-electron chi connectivity index (χ3n) is 5.34. The number of anilines is 1. The predicted octanol–water partition coefficient (Wildman–Crippen LogP) is 2.60. The van der Waals surface area contributed by atoms with E-state index in [4.69, 9.17) is 0 Å². The molecule has 0 saturated carbocycles. The number of amides is 3. The highest BCUT2D eigenvalue weighted by Crippen LogP contribution is 2.30. The number of carbonyl (C=O) groups is 3. The number of nitrogens with zero attached hydrogens (tertiary/aromatic N) is 3. The number of piperidine rings is 1. The van der Waals surface area contributed by atoms with Gasteiger partial charge in [0.25, 0.3) is 5.91 Å². The second-order valence-corrected chi connectivity index (χ2v) is 9.01. The van der Waals surface area contributed by atoms with Gasteiger partial charge in [-0.3, -0.25) is 19.7 Å². The lowest BCUT2D eigenvalue weighted by molar-refractivity contribution is -0.140. The standard InChI is InChI=1S/C19H22N4O3S2/c1-12(24)22-6-2-13(3-7-22)18(26)23-8-4-15-16(10-23)28-19(20-15)21-17(25)14-5-9-27-11-14/h5,9,11,13H,2-4,6-8,10H2,1H3,(H,20,21,25). The van der Waals surface area contributed by atoms with Crippen LogP contribution in [0, 0.1) is 5.92 Å². The molecule has 7 nitrogen and oxygen atoms in total. The molecular weight excluding hydrogens is 396 g/mol. The Balaban J connectivity index is 1.37. The van der Waals surface area contributed by atoms with Crippen LogP contribution in [0.1, 0.15) is 40.7 Å². The van der Waals surface area contributed by atoms with Gasteiger partial charge in [-0.15, -0.1) is 0 Å². The van der Waals surface area contributed by atoms with Crippen LogP contribution in [-0.4, -0.2) is 52.1 Å². The largest absolute Gasteiger partial charge is 0.343 e. The molecule has 4 rings (SSSR count). The Morgan fingerprint density at radius 2 is 1.96 bits per heavy atom. The quantitative estimate of drug-likeness (QED) is 0.831. The van der Waals surface area contributed by atoms with Gasteiger partial charge >= 0.3 is 0 Å². The summed E-state index contributed by atoms with van der Waals surface area (Å²) >= 11 is 2.93. The maximum absolute atomic E-state index is 12.9. The molecule has 0 aliphatic carbocycles. The minimum absolute atomic E-state index is 0.0113. The highest BCUT2D eigenvalue weighted by Gasteiger charge is 2.32. The maximum atomic E-state index is 12.9. The number of thiazole rings is 1. The molecular formula is C19H22N4O3S2. The predicted molar refractivity (Wildman–Crippen MR) is 108 cm³/mol. The van der Waals surface area contributed by atoms with Crippen molar-refractivity contribution < 1.29 is 14.4 Å². The average Bonchev–Trinajstić information content (AvgIpc) is 3.36. The number of nitrogens with one attached hydrogen (secondary N) is 1. The summed E-state index contributed by atoms with van der Waals surface area (Å²) in [6.45, 7) is 4.09. The summed E-state index contributed by atoms with van der Waals surface area (Å²) in [5, 5.41) is 7.12. The number of fused-ring (bicyclic) bond motifs is 1. The van der Waals surface area contributed by atoms with Gasteiger partial charge < -0.3 is 9.80 Å². The molecule has 9 heteroatoms. The lowest BCUT2D eigenvalue weighted by atomic mass is 9.94. The topological polar surface area (TPSA) is 82.6 Å². The number of hydrogen-bond acceptors (Lipinski definition) is 6. The molecule has 3 amide bonds. The van der Waals surface area contributed by atoms with Gasteiger partial charge in [0.2, 0.25) is 11.8 Å². The molecule has 0 bridgehead atoms. The first-order valence-electron chi connectivity index (χ1n) is 9.37. The smallest absolute Gasteiger partial charge is 0.258 e. The van der Waals surface area contributed by atoms with Gasteiger partial charge in [-0.1, -0.05) is 11.3 Å². The molecule has 2 aromatic rings. The van der Waals surface area contributed by atoms with Gasteiger partial charge in [0.1, 0.15) is 0 Å². The Hall–Kier alpha value is -2.26. The van der Waals surface area contributed by atoms with Crippen LogP contribution in [0.4, 0.5) is 5.13 Å². The number of aromatic nitrogens is 1. The molecule has 0 aromatic carbocycles. The lowest BCUT2D eigenvalue weighted by Crippen LogP contribution is -2.45. The Bertz CT molecular complexity index is 885. The highest BCUT2D eigenvalue weighted by molar-refractivity contribution is 7.16. The van der Waals surface area contributed by atoms with Gasteiger partial charge in [0, 0.05) is 49.2 Å². The Morgan fingerprint density at radius 1 is 1.18 bits per heavy atom. The monoisotopic (exact) mass is 418 g/mol. The summed E-state index contributed by atoms with van der Waals surface area (Å²) in [5.74, 6) is 0.0849. The molecule has 1 fully saturated rings. The molecule has 2 aliphatic heterocycles. The third-order valence-corrected chi connectivity index (χ3v) is 7.02. The van der Waals surface area contributed by atoms with Crippen LogP contribution in [0.25, 0.3) is 0 Å². The van der Waals surface area contributed by atoms with Crippen molar-refractivity contribution in [2.75, 3.05) is 25.0 Å². The van der Waals surface area contributed by atoms with Crippen LogP contribution in [0.3, 0.4) is 0 Å². The van der Waals surface area contributed by atoms with Crippen molar-refractivity contribution in [2.45, 2.75) is 32.7 Å². The maximum Gasteiger partial charge on any atom is 0.258 e. The van der Waals surface area contributed by atoms with Crippen LogP contribution < -0.4 is 5.32 Å². The number of carbonyl (C=O) groups excluding carboxylic acids is 3. The van der Waals surface area contributed by atoms with Crippen molar-refractivity contribution >= 4 is 45.5 Å². The van der Waals surface area contributed by atoms with Crippen LogP contribution in [0.15, 0.2) is 16.8 Å². The Labute approximate surface area is 171 Å². The molecule has 2 aliphatic rings. The first kappa shape index (κ1) is 19.1. The minimum Gasteiger partial charge on any atom is -0.343 e. The Morgan fingerprint density at radius 3 is 2.64 bits per heavy atom. The molecule has 0 radical (unpaired) electrons. The normalized spacial score (nSPS) is 17.3. The van der Waals surface area contributed by atoms with E-state index in [1.165, 1.54) is 22.7 Å². The Kier molecular flexibility index (Phi) is 5.45. The number of thiophene rings is 1. The van der Waals surface area contributed by atoms with Crippen molar-refractivity contribution in [3.05, 3.63) is 33.0 Å². The van der Waals surface area contributed by atoms with E-state index < -0.39 is 0 Å². The van der Waals surface area contributed by atoms with E-state index in [-0.39, 0.29) is 23.6 Å². The van der Waals surface area contributed by atoms with Gasteiger partial charge in [-0.2, -0.15) is 11.3 Å². The van der Waals surface area contributed by atoms with E-state index >= 15 is 0 Å². The SMILES string of the molecule is CC(=O)N1CCC(C(=O)N2CCc3nc(NC(=O)c4ccsc4)sc3C2)CC1. The van der Waals surface area contributed by atoms with E-state index in [1.54, 1.807) is 18.4 Å². The van der Waals surface area contributed by atoms with Gasteiger partial charge in [0.15, 0.2) is 5.13 Å². The van der Waals surface area contributed by atoms with E-state index in [9.17, 15) is 14.4 Å². The van der Waals surface area contributed by atoms with Gasteiger partial charge in [0.05, 0.1) is 17.8 Å². The number of rotatable bonds is 3. The molecule has 28 heavy (non-hydrogen) atoms.